The van der Waals surface area contributed by atoms with Gasteiger partial charge in [0.1, 0.15) is 0 Å². The van der Waals surface area contributed by atoms with Crippen LogP contribution in [0.3, 0.4) is 0 Å². The fourth-order valence-electron chi connectivity index (χ4n) is 2.42. The Balaban J connectivity index is 1.61. The zero-order chi connectivity index (χ0) is 17.6. The Bertz CT molecular complexity index is 829. The second-order valence-corrected chi connectivity index (χ2v) is 5.86. The van der Waals surface area contributed by atoms with Crippen LogP contribution in [0.4, 0.5) is 0 Å². The van der Waals surface area contributed by atoms with Gasteiger partial charge in [-0.25, -0.2) is 4.68 Å². The van der Waals surface area contributed by atoms with E-state index in [1.165, 1.54) is 0 Å². The molecule has 0 fully saturated rings. The van der Waals surface area contributed by atoms with Crippen molar-refractivity contribution in [1.29, 1.82) is 0 Å². The summed E-state index contributed by atoms with van der Waals surface area (Å²) in [7, 11) is 0. The summed E-state index contributed by atoms with van der Waals surface area (Å²) >= 11 is 0. The molecule has 0 saturated carbocycles. The van der Waals surface area contributed by atoms with E-state index in [-0.39, 0.29) is 5.91 Å². The Hall–Kier alpha value is -3.08. The van der Waals surface area contributed by atoms with Crippen molar-refractivity contribution in [2.45, 2.75) is 26.5 Å². The van der Waals surface area contributed by atoms with Gasteiger partial charge in [0.15, 0.2) is 6.10 Å². The molecular weight excluding hydrogens is 314 g/mol. The second kappa shape index (κ2) is 7.66. The van der Waals surface area contributed by atoms with Gasteiger partial charge in [-0.15, -0.1) is 5.10 Å². The molecule has 3 rings (SSSR count). The molecule has 0 aliphatic heterocycles. The number of hydrogen-bond acceptors (Lipinski definition) is 3. The third kappa shape index (κ3) is 4.26. The van der Waals surface area contributed by atoms with Crippen LogP contribution in [0, 0.1) is 6.92 Å². The molecule has 0 bridgehead atoms. The monoisotopic (exact) mass is 335 g/mol. The molecule has 25 heavy (non-hydrogen) atoms. The molecule has 0 saturated heterocycles. The topological polar surface area (TPSA) is 56.2 Å². The van der Waals surface area contributed by atoms with Gasteiger partial charge in [-0.2, -0.15) is 0 Å². The third-order valence-electron chi connectivity index (χ3n) is 3.84. The smallest absolute Gasteiger partial charge is 0.261 e. The number of benzene rings is 2. The molecule has 1 N–H and O–H groups in total. The lowest BCUT2D eigenvalue weighted by atomic mass is 10.2. The molecule has 5 nitrogen and oxygen atoms in total. The third-order valence-corrected chi connectivity index (χ3v) is 3.84. The highest BCUT2D eigenvalue weighted by molar-refractivity contribution is 5.80. The molecule has 3 aromatic rings. The number of carbonyl (C=O) groups is 1. The number of carbonyl (C=O) groups excluding carboxylic acids is 1. The van der Waals surface area contributed by atoms with E-state index in [0.717, 1.165) is 16.8 Å². The van der Waals surface area contributed by atoms with E-state index in [2.05, 4.69) is 10.4 Å². The number of rotatable bonds is 6. The molecule has 0 aliphatic carbocycles. The molecule has 1 aromatic heterocycles. The number of amides is 1. The normalized spacial score (nSPS) is 11.8. The fraction of sp³-hybridized carbons (Fsp3) is 0.200. The lowest BCUT2D eigenvalue weighted by Crippen LogP contribution is -2.36. The second-order valence-electron chi connectivity index (χ2n) is 5.86. The van der Waals surface area contributed by atoms with E-state index >= 15 is 0 Å². The molecule has 5 heteroatoms. The predicted octanol–water partition coefficient (Wildman–Crippen LogP) is 3.26. The van der Waals surface area contributed by atoms with Gasteiger partial charge in [-0.3, -0.25) is 4.79 Å². The number of aryl methyl sites for hydroxylation is 1. The molecule has 0 aliphatic rings. The fourth-order valence-corrected chi connectivity index (χ4v) is 2.42. The largest absolute Gasteiger partial charge is 0.463 e. The van der Waals surface area contributed by atoms with Gasteiger partial charge in [-0.1, -0.05) is 48.5 Å². The van der Waals surface area contributed by atoms with Crippen molar-refractivity contribution in [2.24, 2.45) is 0 Å². The first kappa shape index (κ1) is 16.8. The Morgan fingerprint density at radius 3 is 2.44 bits per heavy atom. The van der Waals surface area contributed by atoms with Crippen molar-refractivity contribution >= 4 is 5.91 Å². The number of ether oxygens (including phenoxy) is 1. The highest BCUT2D eigenvalue weighted by atomic mass is 16.5. The van der Waals surface area contributed by atoms with Crippen molar-refractivity contribution < 1.29 is 9.53 Å². The van der Waals surface area contributed by atoms with Crippen LogP contribution in [-0.4, -0.2) is 21.8 Å². The van der Waals surface area contributed by atoms with Crippen molar-refractivity contribution in [3.8, 4) is 11.6 Å². The highest BCUT2D eigenvalue weighted by Crippen LogP contribution is 2.19. The van der Waals surface area contributed by atoms with E-state index < -0.39 is 6.10 Å². The molecule has 0 unspecified atom stereocenters. The van der Waals surface area contributed by atoms with Gasteiger partial charge in [-0.05, 0) is 31.5 Å². The molecule has 1 amide bonds. The summed E-state index contributed by atoms with van der Waals surface area (Å²) in [4.78, 5) is 12.2. The van der Waals surface area contributed by atoms with Crippen LogP contribution in [-0.2, 0) is 11.3 Å². The summed E-state index contributed by atoms with van der Waals surface area (Å²) < 4.78 is 7.50. The average Bonchev–Trinajstić information content (AvgIpc) is 3.02. The number of nitrogens with zero attached hydrogens (tertiary/aromatic N) is 2. The van der Waals surface area contributed by atoms with Gasteiger partial charge in [0.25, 0.3) is 5.91 Å². The standard InChI is InChI=1S/C20H21N3O2/c1-15-14-23(18-11-7-4-8-12-18)22-20(15)25-16(2)19(24)21-13-17-9-5-3-6-10-17/h3-12,14,16H,13H2,1-2H3,(H,21,24)/t16-/m0/s1. The van der Waals surface area contributed by atoms with E-state index in [1.807, 2.05) is 73.8 Å². The van der Waals surface area contributed by atoms with E-state index in [1.54, 1.807) is 11.6 Å². The highest BCUT2D eigenvalue weighted by Gasteiger charge is 2.17. The maximum absolute atomic E-state index is 12.2. The molecular formula is C20H21N3O2. The summed E-state index contributed by atoms with van der Waals surface area (Å²) in [6.45, 7) is 4.11. The van der Waals surface area contributed by atoms with Crippen LogP contribution in [0.2, 0.25) is 0 Å². The van der Waals surface area contributed by atoms with E-state index in [0.29, 0.717) is 12.4 Å². The quantitative estimate of drug-likeness (QED) is 0.752. The molecule has 1 atom stereocenters. The summed E-state index contributed by atoms with van der Waals surface area (Å²) in [5.41, 5.74) is 2.88. The summed E-state index contributed by atoms with van der Waals surface area (Å²) in [6, 6.07) is 19.6. The Labute approximate surface area is 147 Å². The van der Waals surface area contributed by atoms with E-state index in [4.69, 9.17) is 4.74 Å². The minimum atomic E-state index is -0.624. The van der Waals surface area contributed by atoms with Crippen LogP contribution >= 0.6 is 0 Å². The Morgan fingerprint density at radius 2 is 1.76 bits per heavy atom. The zero-order valence-corrected chi connectivity index (χ0v) is 14.3. The SMILES string of the molecule is Cc1cn(-c2ccccc2)nc1O[C@@H](C)C(=O)NCc1ccccc1. The van der Waals surface area contributed by atoms with Crippen LogP contribution in [0.5, 0.6) is 5.88 Å². The van der Waals surface area contributed by atoms with Crippen LogP contribution in [0.1, 0.15) is 18.1 Å². The minimum absolute atomic E-state index is 0.169. The van der Waals surface area contributed by atoms with Crippen LogP contribution in [0.25, 0.3) is 5.69 Å². The molecule has 128 valence electrons. The molecule has 0 spiro atoms. The first-order valence-corrected chi connectivity index (χ1v) is 8.23. The van der Waals surface area contributed by atoms with Crippen molar-refractivity contribution in [3.05, 3.63) is 78.0 Å². The van der Waals surface area contributed by atoms with Gasteiger partial charge >= 0.3 is 0 Å². The maximum Gasteiger partial charge on any atom is 0.261 e. The van der Waals surface area contributed by atoms with Gasteiger partial charge in [0.2, 0.25) is 5.88 Å². The molecule has 2 aromatic carbocycles. The number of nitrogens with one attached hydrogen (secondary N) is 1. The summed E-state index contributed by atoms with van der Waals surface area (Å²) in [6.07, 6.45) is 1.26. The number of aromatic nitrogens is 2. The summed E-state index contributed by atoms with van der Waals surface area (Å²) in [5, 5.41) is 7.31. The van der Waals surface area contributed by atoms with Crippen molar-refractivity contribution in [3.63, 3.8) is 0 Å². The van der Waals surface area contributed by atoms with Crippen molar-refractivity contribution in [2.75, 3.05) is 0 Å². The average molecular weight is 335 g/mol. The maximum atomic E-state index is 12.2. The van der Waals surface area contributed by atoms with Crippen LogP contribution in [0.15, 0.2) is 66.9 Å². The Morgan fingerprint density at radius 1 is 1.12 bits per heavy atom. The molecule has 0 radical (unpaired) electrons. The first-order chi connectivity index (χ1) is 12.1. The van der Waals surface area contributed by atoms with Crippen LogP contribution < -0.4 is 10.1 Å². The zero-order valence-electron chi connectivity index (χ0n) is 14.3. The molecule has 1 heterocycles. The van der Waals surface area contributed by atoms with E-state index in [9.17, 15) is 4.79 Å². The van der Waals surface area contributed by atoms with Gasteiger partial charge < -0.3 is 10.1 Å². The number of para-hydroxylation sites is 1. The lowest BCUT2D eigenvalue weighted by molar-refractivity contribution is -0.127. The summed E-state index contributed by atoms with van der Waals surface area (Å²) in [5.74, 6) is 0.295. The van der Waals surface area contributed by atoms with Gasteiger partial charge in [0.05, 0.1) is 5.69 Å². The minimum Gasteiger partial charge on any atom is -0.463 e. The number of hydrogen-bond donors (Lipinski definition) is 1. The Kier molecular flexibility index (Phi) is 5.14. The van der Waals surface area contributed by atoms with Gasteiger partial charge in [0, 0.05) is 18.3 Å². The first-order valence-electron chi connectivity index (χ1n) is 8.23. The predicted molar refractivity (Wildman–Crippen MR) is 96.7 cm³/mol. The lowest BCUT2D eigenvalue weighted by Gasteiger charge is -2.13. The van der Waals surface area contributed by atoms with Crippen molar-refractivity contribution in [1.82, 2.24) is 15.1 Å².